The lowest BCUT2D eigenvalue weighted by Crippen LogP contribution is -2.26. The summed E-state index contributed by atoms with van der Waals surface area (Å²) < 4.78 is 57.6. The number of hydrogen-bond acceptors (Lipinski definition) is 5. The Hall–Kier alpha value is -4.78. The van der Waals surface area contributed by atoms with Crippen LogP contribution < -0.4 is 10.9 Å². The van der Waals surface area contributed by atoms with Crippen molar-refractivity contribution >= 4 is 23.2 Å². The van der Waals surface area contributed by atoms with Crippen LogP contribution in [0.4, 0.5) is 23.2 Å². The van der Waals surface area contributed by atoms with Gasteiger partial charge in [0.1, 0.15) is 5.82 Å². The van der Waals surface area contributed by atoms with Crippen molar-refractivity contribution in [2.24, 2.45) is 5.92 Å². The number of rotatable bonds is 4. The highest BCUT2D eigenvalue weighted by Crippen LogP contribution is 2.61. The third-order valence-electron chi connectivity index (χ3n) is 8.56. The van der Waals surface area contributed by atoms with E-state index in [0.29, 0.717) is 46.1 Å². The molecule has 0 bridgehead atoms. The third kappa shape index (κ3) is 4.25. The maximum absolute atomic E-state index is 15.4. The van der Waals surface area contributed by atoms with Crippen LogP contribution in [-0.4, -0.2) is 35.4 Å². The summed E-state index contributed by atoms with van der Waals surface area (Å²) in [5.74, 6) is -0.457. The van der Waals surface area contributed by atoms with Crippen LogP contribution >= 0.6 is 11.6 Å². The molecule has 9 nitrogen and oxygen atoms in total. The largest absolute Gasteiger partial charge is 0.436 e. The predicted molar refractivity (Wildman–Crippen MR) is 151 cm³/mol. The van der Waals surface area contributed by atoms with Gasteiger partial charge >= 0.3 is 6.18 Å². The molecule has 2 aromatic carbocycles. The molecule has 1 amide bonds. The average molecular weight is 622 g/mol. The Bertz CT molecular complexity index is 2080. The van der Waals surface area contributed by atoms with Gasteiger partial charge in [-0.05, 0) is 72.4 Å². The summed E-state index contributed by atoms with van der Waals surface area (Å²) >= 11 is 6.27. The molecule has 1 aliphatic carbocycles. The molecule has 3 aromatic heterocycles. The molecule has 2 aliphatic heterocycles. The molecule has 14 heteroatoms. The second kappa shape index (κ2) is 9.36. The number of imidazole rings is 1. The van der Waals surface area contributed by atoms with E-state index in [9.17, 15) is 22.8 Å². The number of aromatic nitrogens is 6. The van der Waals surface area contributed by atoms with E-state index in [-0.39, 0.29) is 29.1 Å². The van der Waals surface area contributed by atoms with Crippen LogP contribution in [-0.2, 0) is 17.4 Å². The van der Waals surface area contributed by atoms with Gasteiger partial charge in [0.25, 0.3) is 5.56 Å². The highest BCUT2D eigenvalue weighted by atomic mass is 35.5. The van der Waals surface area contributed by atoms with E-state index in [2.05, 4.69) is 25.6 Å². The lowest BCUT2D eigenvalue weighted by molar-refractivity contribution is -0.141. The molecule has 0 spiro atoms. The second-order valence-corrected chi connectivity index (χ2v) is 11.7. The number of carbonyl (C=O) groups is 1. The number of alkyl halides is 3. The molecule has 2 N–H and O–H groups in total. The van der Waals surface area contributed by atoms with E-state index in [4.69, 9.17) is 11.6 Å². The van der Waals surface area contributed by atoms with Crippen LogP contribution in [0.3, 0.4) is 0 Å². The summed E-state index contributed by atoms with van der Waals surface area (Å²) in [6.45, 7) is 0. The first-order valence-electron chi connectivity index (χ1n) is 13.8. The normalized spacial score (nSPS) is 20.2. The fraction of sp³-hybridized carbons (Fsp3) is 0.233. The number of pyridine rings is 1. The molecule has 3 atom stereocenters. The van der Waals surface area contributed by atoms with Gasteiger partial charge in [-0.2, -0.15) is 17.6 Å². The second-order valence-electron chi connectivity index (χ2n) is 11.2. The first kappa shape index (κ1) is 26.8. The maximum atomic E-state index is 15.4. The Labute approximate surface area is 250 Å². The quantitative estimate of drug-likeness (QED) is 0.243. The first-order chi connectivity index (χ1) is 21.0. The number of hydrogen-bond donors (Lipinski definition) is 2. The van der Waals surface area contributed by atoms with E-state index < -0.39 is 29.4 Å². The van der Waals surface area contributed by atoms with Crippen molar-refractivity contribution in [2.45, 2.75) is 37.4 Å². The molecular weight excluding hydrogens is 602 g/mol. The number of benzene rings is 2. The van der Waals surface area contributed by atoms with Gasteiger partial charge in [-0.3, -0.25) is 9.59 Å². The third-order valence-corrected chi connectivity index (χ3v) is 8.79. The molecule has 44 heavy (non-hydrogen) atoms. The number of carbonyl (C=O) groups excluding carboxylic acids is 1. The molecule has 8 rings (SSSR count). The molecule has 1 fully saturated rings. The summed E-state index contributed by atoms with van der Waals surface area (Å²) in [7, 11) is 0. The molecule has 0 radical (unpaired) electrons. The van der Waals surface area contributed by atoms with Gasteiger partial charge in [0.15, 0.2) is 5.69 Å². The van der Waals surface area contributed by atoms with Crippen molar-refractivity contribution in [3.05, 3.63) is 98.7 Å². The van der Waals surface area contributed by atoms with Crippen LogP contribution in [0.5, 0.6) is 0 Å². The summed E-state index contributed by atoms with van der Waals surface area (Å²) in [6.07, 6.45) is -2.23. The standard InChI is InChI=1S/C30H20ClF4N7O2/c31-16-3-5-21(41-12-23(39-40-41)30(33,34)35)17(10-16)15-8-22-18-11-19(18)27(42(22)25(44)9-15)26-28(32)38-29(37-26)14-1-4-20-13(7-14)2-6-24(43)36-20/h1,3-5,7-10,12,18-19,27H,2,6,11H2,(H,36,43)(H,37,38). The van der Waals surface area contributed by atoms with Crippen molar-refractivity contribution in [1.29, 1.82) is 0 Å². The van der Waals surface area contributed by atoms with E-state index in [1.54, 1.807) is 28.8 Å². The van der Waals surface area contributed by atoms with Crippen molar-refractivity contribution in [3.63, 3.8) is 0 Å². The van der Waals surface area contributed by atoms with Crippen LogP contribution in [0.2, 0.25) is 5.02 Å². The van der Waals surface area contributed by atoms with E-state index >= 15 is 4.39 Å². The minimum Gasteiger partial charge on any atom is -0.338 e. The Kier molecular flexibility index (Phi) is 5.70. The topological polar surface area (TPSA) is 110 Å². The maximum Gasteiger partial charge on any atom is 0.436 e. The van der Waals surface area contributed by atoms with Gasteiger partial charge in [0, 0.05) is 45.9 Å². The number of halogens is 5. The number of nitrogens with zero attached hydrogens (tertiary/aromatic N) is 5. The average Bonchev–Trinajstić information content (AvgIpc) is 3.28. The minimum atomic E-state index is -4.67. The highest BCUT2D eigenvalue weighted by Gasteiger charge is 2.54. The zero-order valence-electron chi connectivity index (χ0n) is 22.5. The van der Waals surface area contributed by atoms with Gasteiger partial charge in [-0.25, -0.2) is 9.67 Å². The summed E-state index contributed by atoms with van der Waals surface area (Å²) in [6, 6.07) is 12.5. The number of aryl methyl sites for hydroxylation is 1. The molecule has 3 aliphatic rings. The molecule has 222 valence electrons. The molecule has 1 saturated carbocycles. The van der Waals surface area contributed by atoms with E-state index in [0.717, 1.165) is 28.6 Å². The number of aromatic amines is 1. The van der Waals surface area contributed by atoms with Crippen molar-refractivity contribution in [1.82, 2.24) is 29.5 Å². The highest BCUT2D eigenvalue weighted by molar-refractivity contribution is 6.31. The number of H-pyrrole nitrogens is 1. The Morgan fingerprint density at radius 2 is 1.84 bits per heavy atom. The lowest BCUT2D eigenvalue weighted by atomic mass is 10.0. The molecule has 3 unspecified atom stereocenters. The Balaban J connectivity index is 1.17. The van der Waals surface area contributed by atoms with E-state index in [1.165, 1.54) is 18.2 Å². The molecule has 5 aromatic rings. The molecule has 5 heterocycles. The van der Waals surface area contributed by atoms with Crippen molar-refractivity contribution in [3.8, 4) is 28.2 Å². The number of anilines is 1. The lowest BCUT2D eigenvalue weighted by Gasteiger charge is -2.18. The summed E-state index contributed by atoms with van der Waals surface area (Å²) in [4.78, 5) is 32.6. The first-order valence-corrected chi connectivity index (χ1v) is 14.2. The number of nitrogens with one attached hydrogen (secondary N) is 2. The minimum absolute atomic E-state index is 0.00279. The van der Waals surface area contributed by atoms with Gasteiger partial charge < -0.3 is 14.9 Å². The summed E-state index contributed by atoms with van der Waals surface area (Å²) in [5.41, 5.74) is 2.77. The number of amides is 1. The van der Waals surface area contributed by atoms with Crippen molar-refractivity contribution < 1.29 is 22.4 Å². The zero-order chi connectivity index (χ0) is 30.5. The zero-order valence-corrected chi connectivity index (χ0v) is 23.2. The van der Waals surface area contributed by atoms with E-state index in [1.807, 2.05) is 6.07 Å². The monoisotopic (exact) mass is 621 g/mol. The molecular formula is C30H20ClF4N7O2. The molecule has 0 saturated heterocycles. The van der Waals surface area contributed by atoms with Crippen LogP contribution in [0.25, 0.3) is 28.2 Å². The Morgan fingerprint density at radius 3 is 2.64 bits per heavy atom. The van der Waals surface area contributed by atoms with Gasteiger partial charge in [0.05, 0.1) is 23.6 Å². The van der Waals surface area contributed by atoms with Gasteiger partial charge in [-0.1, -0.05) is 16.8 Å². The van der Waals surface area contributed by atoms with Crippen LogP contribution in [0, 0.1) is 11.9 Å². The van der Waals surface area contributed by atoms with Gasteiger partial charge in [0.2, 0.25) is 11.9 Å². The predicted octanol–water partition coefficient (Wildman–Crippen LogP) is 5.89. The fourth-order valence-corrected chi connectivity index (χ4v) is 6.63. The van der Waals surface area contributed by atoms with Crippen molar-refractivity contribution in [2.75, 3.05) is 5.32 Å². The van der Waals surface area contributed by atoms with Crippen LogP contribution in [0.15, 0.2) is 59.5 Å². The fourth-order valence-electron chi connectivity index (χ4n) is 6.46. The number of fused-ring (bicyclic) bond motifs is 4. The Morgan fingerprint density at radius 1 is 1.00 bits per heavy atom. The van der Waals surface area contributed by atoms with Crippen LogP contribution in [0.1, 0.15) is 47.4 Å². The smallest absolute Gasteiger partial charge is 0.338 e. The van der Waals surface area contributed by atoms with Gasteiger partial charge in [-0.15, -0.1) is 5.10 Å². The SMILES string of the molecule is O=C1CCc2cc(-c3nc(F)c(C4C5CC5c5cc(-c6cc(Cl)ccc6-n6cc(C(F)(F)F)nn6)cc(=O)n54)[nH]3)ccc2N1. The summed E-state index contributed by atoms with van der Waals surface area (Å²) in [5, 5.41) is 10.0.